The SMILES string of the molecule is COCCN1C[C@H](C)O[C@@H](O[C@H]2[C@H](C)[C@@H](O[C@@H]3O[C@H](C)C/C(=N\OC)[C@H]3O)[C@@H](C)C[C@](C)(OC(=O)N3C[C@@H](C)O[C@@H](C)C3)C(=O)[C@H](C)[C@H](OC(=O)CC(C)C)[C@@H](C)[C@@H]([C@@H](C)CO[C@@H]3O[C@H](C)[C@@H](O)[C@@H](OC)[C@H]3OC)OC(=O)[C@@H]2C)C[C@H]1C. The van der Waals surface area contributed by atoms with E-state index in [-0.39, 0.29) is 74.9 Å². The van der Waals surface area contributed by atoms with E-state index in [0.717, 1.165) is 0 Å². The van der Waals surface area contributed by atoms with Crippen LogP contribution in [0.5, 0.6) is 0 Å². The molecular weight excluding hydrogens is 1070 g/mol. The average Bonchev–Trinajstić information content (AvgIpc) is 3.74. The van der Waals surface area contributed by atoms with Crippen molar-refractivity contribution in [1.82, 2.24) is 9.80 Å². The molecule has 5 aliphatic heterocycles. The summed E-state index contributed by atoms with van der Waals surface area (Å²) in [7, 11) is 5.96. The molecule has 0 aliphatic carbocycles. The van der Waals surface area contributed by atoms with Crippen LogP contribution in [0.25, 0.3) is 0 Å². The van der Waals surface area contributed by atoms with Crippen molar-refractivity contribution in [2.75, 3.05) is 67.8 Å². The van der Waals surface area contributed by atoms with Gasteiger partial charge in [-0.1, -0.05) is 53.6 Å². The first-order valence-electron chi connectivity index (χ1n) is 29.8. The van der Waals surface area contributed by atoms with Crippen LogP contribution >= 0.6 is 0 Å². The third-order valence-electron chi connectivity index (χ3n) is 17.0. The number of rotatable bonds is 18. The minimum Gasteiger partial charge on any atom is -0.461 e. The molecule has 82 heavy (non-hydrogen) atoms. The molecule has 0 bridgehead atoms. The maximum absolute atomic E-state index is 16.0. The number of Topliss-reactive ketones (excluding diaryl/α,β-unsaturated/α-hetero) is 1. The molecule has 0 saturated carbocycles. The number of amides is 1. The molecule has 5 rings (SSSR count). The van der Waals surface area contributed by atoms with Crippen LogP contribution in [0.15, 0.2) is 5.16 Å². The molecule has 5 heterocycles. The Morgan fingerprint density at radius 2 is 1.39 bits per heavy atom. The number of carbonyl (C=O) groups is 4. The zero-order valence-corrected chi connectivity index (χ0v) is 52.5. The highest BCUT2D eigenvalue weighted by Gasteiger charge is 2.53. The summed E-state index contributed by atoms with van der Waals surface area (Å²) >= 11 is 0. The fourth-order valence-corrected chi connectivity index (χ4v) is 12.8. The molecule has 0 aromatic rings. The number of oxime groups is 1. The second-order valence-electron chi connectivity index (χ2n) is 24.8. The van der Waals surface area contributed by atoms with Crippen molar-refractivity contribution < 1.29 is 95.8 Å². The van der Waals surface area contributed by atoms with E-state index in [4.69, 9.17) is 66.4 Å². The van der Waals surface area contributed by atoms with E-state index in [1.54, 1.807) is 41.7 Å². The van der Waals surface area contributed by atoms with Gasteiger partial charge >= 0.3 is 18.0 Å². The first kappa shape index (κ1) is 69.6. The van der Waals surface area contributed by atoms with E-state index in [2.05, 4.69) is 17.0 Å². The molecule has 5 saturated heterocycles. The van der Waals surface area contributed by atoms with Crippen LogP contribution in [0.2, 0.25) is 0 Å². The van der Waals surface area contributed by atoms with Gasteiger partial charge in [-0.05, 0) is 73.6 Å². The Morgan fingerprint density at radius 1 is 0.744 bits per heavy atom. The Hall–Kier alpha value is -3.17. The molecule has 0 radical (unpaired) electrons. The second kappa shape index (κ2) is 31.5. The number of esters is 2. The van der Waals surface area contributed by atoms with E-state index >= 15 is 9.59 Å². The lowest BCUT2D eigenvalue weighted by molar-refractivity contribution is -0.305. The summed E-state index contributed by atoms with van der Waals surface area (Å²) in [5.74, 6) is -7.42. The van der Waals surface area contributed by atoms with Crippen molar-refractivity contribution in [2.24, 2.45) is 46.6 Å². The van der Waals surface area contributed by atoms with Crippen molar-refractivity contribution in [3.05, 3.63) is 0 Å². The van der Waals surface area contributed by atoms with Crippen LogP contribution in [0.4, 0.5) is 4.79 Å². The Kier molecular flexibility index (Phi) is 26.7. The van der Waals surface area contributed by atoms with E-state index in [1.807, 2.05) is 62.3 Å². The van der Waals surface area contributed by atoms with Crippen LogP contribution in [0.1, 0.15) is 130 Å². The van der Waals surface area contributed by atoms with Crippen LogP contribution in [-0.2, 0) is 80.8 Å². The minimum absolute atomic E-state index is 0.00808. The van der Waals surface area contributed by atoms with Crippen molar-refractivity contribution in [2.45, 2.75) is 239 Å². The molecular formula is C59H103N3O20. The van der Waals surface area contributed by atoms with Gasteiger partial charge in [-0.3, -0.25) is 19.3 Å². The number of aliphatic hydroxyl groups is 2. The third-order valence-corrected chi connectivity index (χ3v) is 17.0. The summed E-state index contributed by atoms with van der Waals surface area (Å²) in [4.78, 5) is 69.3. The number of carbonyl (C=O) groups excluding carboxylic acids is 4. The number of methoxy groups -OCH3 is 3. The van der Waals surface area contributed by atoms with Crippen LogP contribution in [-0.4, -0.2) is 227 Å². The molecule has 0 spiro atoms. The van der Waals surface area contributed by atoms with Gasteiger partial charge < -0.3 is 81.5 Å². The summed E-state index contributed by atoms with van der Waals surface area (Å²) in [6.07, 6.45) is -14.2. The largest absolute Gasteiger partial charge is 0.461 e. The number of nitrogens with zero attached hydrogens (tertiary/aromatic N) is 3. The van der Waals surface area contributed by atoms with Crippen LogP contribution in [0.3, 0.4) is 0 Å². The summed E-state index contributed by atoms with van der Waals surface area (Å²) in [6.45, 7) is 29.2. The Balaban J connectivity index is 1.72. The number of aliphatic hydroxyl groups excluding tert-OH is 2. The van der Waals surface area contributed by atoms with Gasteiger partial charge in [-0.15, -0.1) is 0 Å². The van der Waals surface area contributed by atoms with Crippen LogP contribution in [0, 0.1) is 41.4 Å². The lowest BCUT2D eigenvalue weighted by Crippen LogP contribution is -2.59. The van der Waals surface area contributed by atoms with Gasteiger partial charge in [0.15, 0.2) is 30.3 Å². The smallest absolute Gasteiger partial charge is 0.410 e. The third kappa shape index (κ3) is 18.0. The van der Waals surface area contributed by atoms with Gasteiger partial charge in [0.1, 0.15) is 43.7 Å². The zero-order valence-electron chi connectivity index (χ0n) is 52.5. The van der Waals surface area contributed by atoms with Crippen molar-refractivity contribution in [1.29, 1.82) is 0 Å². The number of hydrogen-bond acceptors (Lipinski definition) is 22. The van der Waals surface area contributed by atoms with E-state index in [1.165, 1.54) is 26.2 Å². The normalized spacial score (nSPS) is 41.5. The Morgan fingerprint density at radius 3 is 2.00 bits per heavy atom. The van der Waals surface area contributed by atoms with E-state index < -0.39 is 145 Å². The summed E-state index contributed by atoms with van der Waals surface area (Å²) in [5, 5.41) is 27.0. The maximum Gasteiger partial charge on any atom is 0.410 e. The number of ketones is 1. The lowest BCUT2D eigenvalue weighted by Gasteiger charge is -2.45. The van der Waals surface area contributed by atoms with Crippen LogP contribution < -0.4 is 0 Å². The highest BCUT2D eigenvalue weighted by Crippen LogP contribution is 2.41. The molecule has 2 N–H and O–H groups in total. The molecule has 0 aromatic heterocycles. The Bertz CT molecular complexity index is 2050. The molecule has 5 aliphatic rings. The number of hydrogen-bond donors (Lipinski definition) is 2. The summed E-state index contributed by atoms with van der Waals surface area (Å²) < 4.78 is 82.5. The number of cyclic esters (lactones) is 1. The van der Waals surface area contributed by atoms with E-state index in [0.29, 0.717) is 26.1 Å². The number of morpholine rings is 1. The molecule has 23 heteroatoms. The molecule has 5 fully saturated rings. The van der Waals surface area contributed by atoms with Gasteiger partial charge in [0.25, 0.3) is 0 Å². The fraction of sp³-hybridized carbons (Fsp3) is 0.915. The second-order valence-corrected chi connectivity index (χ2v) is 24.8. The fourth-order valence-electron chi connectivity index (χ4n) is 12.8. The van der Waals surface area contributed by atoms with Crippen molar-refractivity contribution in [3.63, 3.8) is 0 Å². The van der Waals surface area contributed by atoms with Gasteiger partial charge in [-0.25, -0.2) is 4.79 Å². The van der Waals surface area contributed by atoms with Crippen molar-refractivity contribution >= 4 is 29.5 Å². The van der Waals surface area contributed by atoms with Gasteiger partial charge in [0, 0.05) is 77.5 Å². The molecule has 1 amide bonds. The zero-order chi connectivity index (χ0) is 61.1. The molecule has 0 unspecified atom stereocenters. The van der Waals surface area contributed by atoms with Gasteiger partial charge in [0.2, 0.25) is 0 Å². The van der Waals surface area contributed by atoms with Gasteiger partial charge in [0.05, 0.1) is 86.6 Å². The molecule has 24 atom stereocenters. The molecule has 0 aromatic carbocycles. The first-order valence-corrected chi connectivity index (χ1v) is 29.8. The predicted molar refractivity (Wildman–Crippen MR) is 299 cm³/mol. The minimum atomic E-state index is -1.95. The van der Waals surface area contributed by atoms with E-state index in [9.17, 15) is 19.8 Å². The van der Waals surface area contributed by atoms with Gasteiger partial charge in [-0.2, -0.15) is 0 Å². The topological polar surface area (TPSA) is 257 Å². The molecule has 474 valence electrons. The highest BCUT2D eigenvalue weighted by atomic mass is 16.7. The molecule has 23 nitrogen and oxygen atoms in total. The summed E-state index contributed by atoms with van der Waals surface area (Å²) in [6, 6.07) is -0.0450. The van der Waals surface area contributed by atoms with Crippen molar-refractivity contribution in [3.8, 4) is 0 Å². The first-order chi connectivity index (χ1) is 38.6. The monoisotopic (exact) mass is 1170 g/mol. The number of ether oxygens (including phenoxy) is 13. The summed E-state index contributed by atoms with van der Waals surface area (Å²) in [5.41, 5.74) is -1.66. The quantitative estimate of drug-likeness (QED) is 0.0970. The lowest BCUT2D eigenvalue weighted by atomic mass is 9.74. The highest BCUT2D eigenvalue weighted by molar-refractivity contribution is 5.92. The standard InChI is InChI=1S/C59H103N3O20/c1-30(2)22-44(63)78-50-39(11)49(32(4)29-73-57-53(71-18)52(70-17)46(64)42(14)77-57)80-55(67)41(13)51(79-45-23-33(5)61(20-21-69-16)26-37(9)75-45)38(10)48(81-56-47(65)43(60-72-19)24-34(6)76-56)31(3)25-59(15,54(66)40(50)12)82-58(68)62-27-35(7)74-36(8)28-62/h30-42,45-53,56-57,64-65H,20-29H2,1-19H3/b60-43+/t31-,32-,33+,34+,35-,36+,37-,38+,39-,40+,41+,42+,45-,46+,47+,48-,49+,50+,51-,52+,53+,56-,57+,59-/m0/s1. The predicted octanol–water partition coefficient (Wildman–Crippen LogP) is 5.54. The Labute approximate surface area is 487 Å². The maximum atomic E-state index is 16.0. The average molecular weight is 1170 g/mol.